The highest BCUT2D eigenvalue weighted by molar-refractivity contribution is 5.90. The van der Waals surface area contributed by atoms with Crippen LogP contribution in [0.3, 0.4) is 0 Å². The summed E-state index contributed by atoms with van der Waals surface area (Å²) in [5.74, 6) is -1.00. The summed E-state index contributed by atoms with van der Waals surface area (Å²) in [6, 6.07) is 14.0. The molecule has 6 heteroatoms. The highest BCUT2D eigenvalue weighted by Crippen LogP contribution is 2.24. The van der Waals surface area contributed by atoms with Crippen LogP contribution in [0.1, 0.15) is 38.3 Å². The molecule has 27 heavy (non-hydrogen) atoms. The number of carbonyl (C=O) groups is 2. The number of hydrogen-bond donors (Lipinski definition) is 1. The third kappa shape index (κ3) is 4.93. The minimum absolute atomic E-state index is 0.115. The first kappa shape index (κ1) is 19.1. The molecule has 142 valence electrons. The Labute approximate surface area is 157 Å². The van der Waals surface area contributed by atoms with E-state index in [9.17, 15) is 14.7 Å². The molecule has 0 amide bonds. The van der Waals surface area contributed by atoms with Crippen LogP contribution in [0.4, 0.5) is 0 Å². The van der Waals surface area contributed by atoms with Crippen molar-refractivity contribution in [3.8, 4) is 0 Å². The predicted molar refractivity (Wildman–Crippen MR) is 97.3 cm³/mol. The molecule has 2 aromatic rings. The van der Waals surface area contributed by atoms with E-state index in [1.807, 2.05) is 38.1 Å². The second kappa shape index (κ2) is 8.33. The highest BCUT2D eigenvalue weighted by Gasteiger charge is 2.38. The van der Waals surface area contributed by atoms with E-state index < -0.39 is 30.4 Å². The summed E-state index contributed by atoms with van der Waals surface area (Å²) >= 11 is 0. The molecule has 1 fully saturated rings. The molecular weight excluding hydrogens is 348 g/mol. The van der Waals surface area contributed by atoms with Gasteiger partial charge in [-0.2, -0.15) is 0 Å². The number of rotatable bonds is 5. The summed E-state index contributed by atoms with van der Waals surface area (Å²) in [6.07, 6.45) is -2.35. The fourth-order valence-electron chi connectivity index (χ4n) is 2.79. The molecule has 3 rings (SSSR count). The molecule has 0 aromatic heterocycles. The van der Waals surface area contributed by atoms with Gasteiger partial charge in [0, 0.05) is 6.42 Å². The van der Waals surface area contributed by atoms with Crippen molar-refractivity contribution in [2.45, 2.75) is 38.8 Å². The third-order valence-electron chi connectivity index (χ3n) is 4.39. The lowest BCUT2D eigenvalue weighted by Crippen LogP contribution is -2.32. The van der Waals surface area contributed by atoms with E-state index in [-0.39, 0.29) is 13.0 Å². The number of hydrogen-bond acceptors (Lipinski definition) is 6. The molecule has 1 aliphatic heterocycles. The van der Waals surface area contributed by atoms with Gasteiger partial charge in [0.1, 0.15) is 18.8 Å². The molecule has 0 radical (unpaired) electrons. The van der Waals surface area contributed by atoms with Crippen LogP contribution >= 0.6 is 0 Å². The number of aryl methyl sites for hydroxylation is 2. The molecule has 0 aliphatic carbocycles. The number of ether oxygens (including phenoxy) is 3. The Balaban J connectivity index is 1.58. The van der Waals surface area contributed by atoms with Gasteiger partial charge in [0.2, 0.25) is 0 Å². The molecule has 1 saturated heterocycles. The van der Waals surface area contributed by atoms with Crippen molar-refractivity contribution in [1.29, 1.82) is 0 Å². The van der Waals surface area contributed by atoms with E-state index >= 15 is 0 Å². The summed E-state index contributed by atoms with van der Waals surface area (Å²) in [7, 11) is 0. The molecule has 2 aromatic carbocycles. The Hall–Kier alpha value is -2.70. The van der Waals surface area contributed by atoms with E-state index in [0.29, 0.717) is 11.1 Å². The zero-order valence-corrected chi connectivity index (χ0v) is 15.3. The van der Waals surface area contributed by atoms with E-state index in [1.54, 1.807) is 24.3 Å². The van der Waals surface area contributed by atoms with Crippen molar-refractivity contribution in [2.24, 2.45) is 0 Å². The lowest BCUT2D eigenvalue weighted by Gasteiger charge is -2.18. The maximum absolute atomic E-state index is 12.3. The molecule has 1 heterocycles. The van der Waals surface area contributed by atoms with Crippen LogP contribution in [0.2, 0.25) is 0 Å². The Morgan fingerprint density at radius 3 is 2.04 bits per heavy atom. The molecule has 1 N–H and O–H groups in total. The molecule has 3 atom stereocenters. The molecule has 0 bridgehead atoms. The van der Waals surface area contributed by atoms with Gasteiger partial charge in [-0.05, 0) is 38.1 Å². The first-order valence-electron chi connectivity index (χ1n) is 8.77. The summed E-state index contributed by atoms with van der Waals surface area (Å²) < 4.78 is 16.1. The van der Waals surface area contributed by atoms with Crippen LogP contribution < -0.4 is 0 Å². The van der Waals surface area contributed by atoms with Gasteiger partial charge in [-0.25, -0.2) is 9.59 Å². The average Bonchev–Trinajstić information content (AvgIpc) is 3.00. The van der Waals surface area contributed by atoms with Gasteiger partial charge in [-0.1, -0.05) is 35.4 Å². The van der Waals surface area contributed by atoms with Crippen molar-refractivity contribution in [2.75, 3.05) is 6.61 Å². The van der Waals surface area contributed by atoms with Crippen molar-refractivity contribution >= 4 is 11.9 Å². The minimum atomic E-state index is -1.07. The Morgan fingerprint density at radius 1 is 0.963 bits per heavy atom. The number of aliphatic hydroxyl groups excluding tert-OH is 1. The first-order chi connectivity index (χ1) is 12.9. The van der Waals surface area contributed by atoms with Crippen LogP contribution in [0, 0.1) is 13.8 Å². The second-order valence-corrected chi connectivity index (χ2v) is 6.64. The van der Waals surface area contributed by atoms with E-state index in [2.05, 4.69) is 0 Å². The summed E-state index contributed by atoms with van der Waals surface area (Å²) in [6.45, 7) is 3.74. The van der Waals surface area contributed by atoms with Gasteiger partial charge in [-0.3, -0.25) is 0 Å². The van der Waals surface area contributed by atoms with Crippen molar-refractivity contribution in [1.82, 2.24) is 0 Å². The zero-order valence-electron chi connectivity index (χ0n) is 15.3. The SMILES string of the molecule is Cc1ccc(C(=O)OC[C@@H]2OC(O)C[C@@H]2OC(=O)c2ccc(C)cc2)cc1. The van der Waals surface area contributed by atoms with Crippen molar-refractivity contribution in [3.05, 3.63) is 70.8 Å². The smallest absolute Gasteiger partial charge is 0.338 e. The average molecular weight is 370 g/mol. The standard InChI is InChI=1S/C21H22O6/c1-13-3-7-15(8-4-13)20(23)25-12-18-17(11-19(22)26-18)27-21(24)16-9-5-14(2)6-10-16/h3-10,17-19,22H,11-12H2,1-2H3/t17-,18-,19?/m0/s1. The molecule has 1 unspecified atom stereocenters. The van der Waals surface area contributed by atoms with Crippen LogP contribution in [0.15, 0.2) is 48.5 Å². The van der Waals surface area contributed by atoms with Crippen LogP contribution in [-0.4, -0.2) is 42.1 Å². The quantitative estimate of drug-likeness (QED) is 0.815. The Kier molecular flexibility index (Phi) is 5.88. The fraction of sp³-hybridized carbons (Fsp3) is 0.333. The first-order valence-corrected chi connectivity index (χ1v) is 8.77. The molecule has 0 spiro atoms. The third-order valence-corrected chi connectivity index (χ3v) is 4.39. The zero-order chi connectivity index (χ0) is 19.4. The van der Waals surface area contributed by atoms with Gasteiger partial charge in [0.15, 0.2) is 6.29 Å². The molecule has 1 aliphatic rings. The second-order valence-electron chi connectivity index (χ2n) is 6.64. The predicted octanol–water partition coefficient (Wildman–Crippen LogP) is 2.79. The van der Waals surface area contributed by atoms with E-state index in [0.717, 1.165) is 11.1 Å². The number of esters is 2. The summed E-state index contributed by atoms with van der Waals surface area (Å²) in [4.78, 5) is 24.4. The molecular formula is C21H22O6. The van der Waals surface area contributed by atoms with E-state index in [1.165, 1.54) is 0 Å². The normalized spacial score (nSPS) is 21.7. The number of benzene rings is 2. The van der Waals surface area contributed by atoms with Crippen LogP contribution in [-0.2, 0) is 14.2 Å². The number of carbonyl (C=O) groups excluding carboxylic acids is 2. The molecule has 0 saturated carbocycles. The van der Waals surface area contributed by atoms with Crippen LogP contribution in [0.5, 0.6) is 0 Å². The van der Waals surface area contributed by atoms with E-state index in [4.69, 9.17) is 14.2 Å². The van der Waals surface area contributed by atoms with Gasteiger partial charge in [0.25, 0.3) is 0 Å². The van der Waals surface area contributed by atoms with Crippen molar-refractivity contribution in [3.63, 3.8) is 0 Å². The number of aliphatic hydroxyl groups is 1. The maximum Gasteiger partial charge on any atom is 0.338 e. The lowest BCUT2D eigenvalue weighted by molar-refractivity contribution is -0.110. The van der Waals surface area contributed by atoms with Gasteiger partial charge >= 0.3 is 11.9 Å². The van der Waals surface area contributed by atoms with Gasteiger partial charge in [0.05, 0.1) is 11.1 Å². The Bertz CT molecular complexity index is 796. The maximum atomic E-state index is 12.3. The summed E-state index contributed by atoms with van der Waals surface area (Å²) in [5, 5.41) is 9.75. The highest BCUT2D eigenvalue weighted by atomic mass is 16.7. The van der Waals surface area contributed by atoms with Gasteiger partial charge < -0.3 is 19.3 Å². The van der Waals surface area contributed by atoms with Gasteiger partial charge in [-0.15, -0.1) is 0 Å². The largest absolute Gasteiger partial charge is 0.459 e. The Morgan fingerprint density at radius 2 is 1.48 bits per heavy atom. The molecule has 6 nitrogen and oxygen atoms in total. The monoisotopic (exact) mass is 370 g/mol. The lowest BCUT2D eigenvalue weighted by atomic mass is 10.1. The van der Waals surface area contributed by atoms with Crippen molar-refractivity contribution < 1.29 is 28.9 Å². The minimum Gasteiger partial charge on any atom is -0.459 e. The fourth-order valence-corrected chi connectivity index (χ4v) is 2.79. The topological polar surface area (TPSA) is 82.1 Å². The summed E-state index contributed by atoms with van der Waals surface area (Å²) in [5.41, 5.74) is 2.91. The van der Waals surface area contributed by atoms with Crippen LogP contribution in [0.25, 0.3) is 0 Å².